The van der Waals surface area contributed by atoms with Crippen molar-refractivity contribution in [3.8, 4) is 78.9 Å². The lowest BCUT2D eigenvalue weighted by Crippen LogP contribution is -2.10. The van der Waals surface area contributed by atoms with Crippen LogP contribution in [0.1, 0.15) is 5.56 Å². The van der Waals surface area contributed by atoms with Crippen LogP contribution >= 0.6 is 0 Å². The summed E-state index contributed by atoms with van der Waals surface area (Å²) in [5, 5.41) is 31.3. The van der Waals surface area contributed by atoms with E-state index in [9.17, 15) is 10.5 Å². The Hall–Kier alpha value is -9.54. The number of allylic oxidation sites excluding steroid dienone is 1. The summed E-state index contributed by atoms with van der Waals surface area (Å²) in [6, 6.07) is 83.9. The van der Waals surface area contributed by atoms with E-state index in [0.29, 0.717) is 0 Å². The van der Waals surface area contributed by atoms with Crippen LogP contribution in [0.4, 0.5) is 17.1 Å². The number of hydrogen-bond donors (Lipinski definition) is 0. The molecule has 0 aromatic heterocycles. The van der Waals surface area contributed by atoms with Crippen LogP contribution in [0.25, 0.3) is 127 Å². The standard InChI is InChI=1S/C66H37N3/c67-38-40(39-68)31-43-27-28-49-56-34-58-52(41-15-5-1-6-16-41)32-61-60(62(58)36-54(56)47-24-13-23-46(43)65(47)49)33-53(42-17-7-2-8-18-42)59-35-57-50-29-30-64(51-26-14-25-48(66(50)51)55(57)37-63(59)61)69(44-19-9-3-10-20-44)45-21-11-4-12-22-45/h1-37H. The van der Waals surface area contributed by atoms with Gasteiger partial charge in [0.15, 0.2) is 0 Å². The maximum Gasteiger partial charge on any atom is 0.130 e. The zero-order chi connectivity index (χ0) is 45.7. The lowest BCUT2D eigenvalue weighted by Gasteiger charge is -2.27. The predicted octanol–water partition coefficient (Wildman–Crippen LogP) is 18.0. The van der Waals surface area contributed by atoms with Gasteiger partial charge in [-0.3, -0.25) is 0 Å². The smallest absolute Gasteiger partial charge is 0.130 e. The highest BCUT2D eigenvalue weighted by atomic mass is 15.1. The van der Waals surface area contributed by atoms with Gasteiger partial charge in [-0.15, -0.1) is 0 Å². The van der Waals surface area contributed by atoms with Gasteiger partial charge in [-0.05, 0) is 194 Å². The molecule has 0 bridgehead atoms. The summed E-state index contributed by atoms with van der Waals surface area (Å²) in [6.45, 7) is 0. The third-order valence-electron chi connectivity index (χ3n) is 14.6. The highest BCUT2D eigenvalue weighted by Gasteiger charge is 2.29. The van der Waals surface area contributed by atoms with Crippen LogP contribution in [0.3, 0.4) is 0 Å². The number of nitriles is 2. The molecule has 0 N–H and O–H groups in total. The molecule has 3 nitrogen and oxygen atoms in total. The van der Waals surface area contributed by atoms with E-state index < -0.39 is 0 Å². The molecule has 0 amide bonds. The van der Waals surface area contributed by atoms with E-state index in [1.54, 1.807) is 6.08 Å². The summed E-state index contributed by atoms with van der Waals surface area (Å²) >= 11 is 0. The lowest BCUT2D eigenvalue weighted by molar-refractivity contribution is 1.30. The normalized spacial score (nSPS) is 11.7. The molecule has 0 aliphatic heterocycles. The summed E-state index contributed by atoms with van der Waals surface area (Å²) in [5.74, 6) is 0. The van der Waals surface area contributed by atoms with Gasteiger partial charge in [0.25, 0.3) is 0 Å². The maximum atomic E-state index is 9.67. The number of hydrogen-bond acceptors (Lipinski definition) is 3. The van der Waals surface area contributed by atoms with Gasteiger partial charge in [0, 0.05) is 16.8 Å². The Balaban J connectivity index is 1.06. The fourth-order valence-electron chi connectivity index (χ4n) is 11.6. The van der Waals surface area contributed by atoms with E-state index in [4.69, 9.17) is 0 Å². The number of anilines is 3. The molecular formula is C66H37N3. The minimum Gasteiger partial charge on any atom is -0.310 e. The highest BCUT2D eigenvalue weighted by molar-refractivity contribution is 6.29. The molecule has 316 valence electrons. The van der Waals surface area contributed by atoms with Crippen LogP contribution in [0.5, 0.6) is 0 Å². The van der Waals surface area contributed by atoms with Crippen LogP contribution in [0.2, 0.25) is 0 Å². The van der Waals surface area contributed by atoms with Crippen molar-refractivity contribution < 1.29 is 0 Å². The highest BCUT2D eigenvalue weighted by Crippen LogP contribution is 2.55. The molecule has 0 unspecified atom stereocenters. The lowest BCUT2D eigenvalue weighted by atomic mass is 9.84. The van der Waals surface area contributed by atoms with E-state index in [1.165, 1.54) is 98.7 Å². The van der Waals surface area contributed by atoms with Crippen LogP contribution < -0.4 is 4.90 Å². The van der Waals surface area contributed by atoms with Gasteiger partial charge in [-0.1, -0.05) is 152 Å². The van der Waals surface area contributed by atoms with Gasteiger partial charge in [-0.2, -0.15) is 10.5 Å². The van der Waals surface area contributed by atoms with E-state index in [-0.39, 0.29) is 5.57 Å². The second-order valence-corrected chi connectivity index (χ2v) is 18.1. The van der Waals surface area contributed by atoms with Crippen LogP contribution in [0, 0.1) is 22.7 Å². The van der Waals surface area contributed by atoms with Gasteiger partial charge in [-0.25, -0.2) is 0 Å². The number of para-hydroxylation sites is 2. The summed E-state index contributed by atoms with van der Waals surface area (Å²) in [6.07, 6.45) is 1.71. The average Bonchev–Trinajstić information content (AvgIpc) is 3.91. The summed E-state index contributed by atoms with van der Waals surface area (Å²) < 4.78 is 0. The van der Waals surface area contributed by atoms with E-state index >= 15 is 0 Å². The Bertz CT molecular complexity index is 4240. The number of fused-ring (bicyclic) bond motifs is 11. The van der Waals surface area contributed by atoms with Crippen molar-refractivity contribution >= 4 is 77.0 Å². The van der Waals surface area contributed by atoms with Gasteiger partial charge in [0.1, 0.15) is 17.7 Å². The second kappa shape index (κ2) is 15.0. The van der Waals surface area contributed by atoms with Crippen molar-refractivity contribution in [2.75, 3.05) is 4.90 Å². The predicted molar refractivity (Wildman–Crippen MR) is 288 cm³/mol. The number of benzene rings is 12. The Morgan fingerprint density at radius 3 is 1.20 bits per heavy atom. The second-order valence-electron chi connectivity index (χ2n) is 18.1. The van der Waals surface area contributed by atoms with Crippen molar-refractivity contribution in [2.24, 2.45) is 0 Å². The first kappa shape index (κ1) is 38.7. The molecule has 12 aromatic carbocycles. The molecule has 0 atom stereocenters. The molecule has 0 heterocycles. The first-order valence-electron chi connectivity index (χ1n) is 23.4. The Morgan fingerprint density at radius 1 is 0.319 bits per heavy atom. The zero-order valence-corrected chi connectivity index (χ0v) is 37.2. The minimum absolute atomic E-state index is 0.0890. The molecule has 69 heavy (non-hydrogen) atoms. The number of nitrogens with zero attached hydrogens (tertiary/aromatic N) is 3. The fourth-order valence-corrected chi connectivity index (χ4v) is 11.6. The third kappa shape index (κ3) is 5.72. The summed E-state index contributed by atoms with van der Waals surface area (Å²) in [4.78, 5) is 2.38. The quantitative estimate of drug-likeness (QED) is 0.124. The monoisotopic (exact) mass is 871 g/mol. The first-order valence-corrected chi connectivity index (χ1v) is 23.4. The molecule has 0 spiro atoms. The molecular weight excluding hydrogens is 835 g/mol. The van der Waals surface area contributed by atoms with Gasteiger partial charge < -0.3 is 4.90 Å². The molecule has 0 saturated carbocycles. The van der Waals surface area contributed by atoms with Crippen molar-refractivity contribution in [1.29, 1.82) is 10.5 Å². The number of rotatable bonds is 6. The fraction of sp³-hybridized carbons (Fsp3) is 0. The molecule has 2 aliphatic rings. The SMILES string of the molecule is N#CC(C#N)=Cc1ccc2c3c(cccc13)-c1cc3c(cc1-2)c(-c1ccccc1)cc1c2cc4c(cc2c(-c2ccccc2)cc31)-c1ccc(N(c2ccccc2)c2ccccc2)c2cccc-4c12. The minimum atomic E-state index is 0.0890. The molecule has 14 rings (SSSR count). The van der Waals surface area contributed by atoms with Gasteiger partial charge in [0.05, 0.1) is 5.69 Å². The average molecular weight is 872 g/mol. The molecule has 3 heteroatoms. The third-order valence-corrected chi connectivity index (χ3v) is 14.6. The topological polar surface area (TPSA) is 50.8 Å². The van der Waals surface area contributed by atoms with E-state index in [0.717, 1.165) is 44.5 Å². The first-order chi connectivity index (χ1) is 34.1. The molecule has 2 aliphatic carbocycles. The molecule has 0 radical (unpaired) electrons. The van der Waals surface area contributed by atoms with Crippen LogP contribution in [0.15, 0.2) is 224 Å². The van der Waals surface area contributed by atoms with E-state index in [1.807, 2.05) is 6.07 Å². The van der Waals surface area contributed by atoms with Crippen molar-refractivity contribution in [3.05, 3.63) is 230 Å². The Morgan fingerprint density at radius 2 is 0.710 bits per heavy atom. The van der Waals surface area contributed by atoms with Crippen LogP contribution in [-0.4, -0.2) is 0 Å². The summed E-state index contributed by atoms with van der Waals surface area (Å²) in [5.41, 5.74) is 18.8. The largest absolute Gasteiger partial charge is 0.310 e. The molecule has 0 saturated heterocycles. The summed E-state index contributed by atoms with van der Waals surface area (Å²) in [7, 11) is 0. The van der Waals surface area contributed by atoms with Gasteiger partial charge in [0.2, 0.25) is 0 Å². The van der Waals surface area contributed by atoms with Crippen LogP contribution in [-0.2, 0) is 0 Å². The van der Waals surface area contributed by atoms with Crippen molar-refractivity contribution in [2.45, 2.75) is 0 Å². The Labute approximate surface area is 398 Å². The van der Waals surface area contributed by atoms with Crippen molar-refractivity contribution in [1.82, 2.24) is 0 Å². The maximum absolute atomic E-state index is 9.67. The van der Waals surface area contributed by atoms with E-state index in [2.05, 4.69) is 229 Å². The van der Waals surface area contributed by atoms with Gasteiger partial charge >= 0.3 is 0 Å². The van der Waals surface area contributed by atoms with Crippen molar-refractivity contribution in [3.63, 3.8) is 0 Å². The zero-order valence-electron chi connectivity index (χ0n) is 37.2. The molecule has 0 fully saturated rings. The molecule has 12 aromatic rings. The Kier molecular flexibility index (Phi) is 8.41.